The Morgan fingerprint density at radius 2 is 1.74 bits per heavy atom. The van der Waals surface area contributed by atoms with E-state index in [-0.39, 0.29) is 5.91 Å². The van der Waals surface area contributed by atoms with Gasteiger partial charge in [-0.25, -0.2) is 0 Å². The van der Waals surface area contributed by atoms with Crippen LogP contribution in [0.15, 0.2) is 54.6 Å². The molecule has 0 aliphatic carbocycles. The normalized spacial score (nSPS) is 9.74. The minimum Gasteiger partial charge on any atom is -0.497 e. The van der Waals surface area contributed by atoms with Gasteiger partial charge in [0.1, 0.15) is 5.75 Å². The van der Waals surface area contributed by atoms with Gasteiger partial charge in [0, 0.05) is 0 Å². The van der Waals surface area contributed by atoms with Gasteiger partial charge in [0.05, 0.1) is 19.2 Å². The molecule has 2 aromatic rings. The van der Waals surface area contributed by atoms with Gasteiger partial charge in [0.2, 0.25) is 5.91 Å². The van der Waals surface area contributed by atoms with E-state index in [9.17, 15) is 4.79 Å². The van der Waals surface area contributed by atoms with Crippen LogP contribution in [0.1, 0.15) is 5.56 Å². The third kappa shape index (κ3) is 4.03. The first kappa shape index (κ1) is 13.0. The molecule has 0 radical (unpaired) electrons. The van der Waals surface area contributed by atoms with Gasteiger partial charge >= 0.3 is 0 Å². The van der Waals surface area contributed by atoms with Gasteiger partial charge in [-0.2, -0.15) is 0 Å². The van der Waals surface area contributed by atoms with Crippen molar-refractivity contribution in [2.24, 2.45) is 0 Å². The second-order valence-electron chi connectivity index (χ2n) is 4.06. The summed E-state index contributed by atoms with van der Waals surface area (Å²) in [5, 5.41) is 0. The van der Waals surface area contributed by atoms with E-state index in [1.807, 2.05) is 54.6 Å². The number of para-hydroxylation sites is 1. The Kier molecular flexibility index (Phi) is 4.39. The molecule has 4 nitrogen and oxygen atoms in total. The zero-order valence-electron chi connectivity index (χ0n) is 10.7. The monoisotopic (exact) mass is 256 g/mol. The largest absolute Gasteiger partial charge is 0.497 e. The van der Waals surface area contributed by atoms with Crippen molar-refractivity contribution in [1.82, 2.24) is 5.43 Å². The SMILES string of the molecule is COc1ccc(CC(=O)NNc2ccccc2)cc1. The fourth-order valence-electron chi connectivity index (χ4n) is 1.64. The topological polar surface area (TPSA) is 50.4 Å². The average molecular weight is 256 g/mol. The average Bonchev–Trinajstić information content (AvgIpc) is 2.47. The molecule has 4 heteroatoms. The van der Waals surface area contributed by atoms with Crippen molar-refractivity contribution in [2.75, 3.05) is 12.5 Å². The van der Waals surface area contributed by atoms with E-state index in [0.29, 0.717) is 6.42 Å². The van der Waals surface area contributed by atoms with Crippen LogP contribution in [0.3, 0.4) is 0 Å². The number of nitrogens with one attached hydrogen (secondary N) is 2. The summed E-state index contributed by atoms with van der Waals surface area (Å²) in [4.78, 5) is 11.7. The fraction of sp³-hybridized carbons (Fsp3) is 0.133. The molecule has 0 bridgehead atoms. The second-order valence-corrected chi connectivity index (χ2v) is 4.06. The molecule has 0 fully saturated rings. The van der Waals surface area contributed by atoms with E-state index in [1.165, 1.54) is 0 Å². The van der Waals surface area contributed by atoms with Gasteiger partial charge in [0.15, 0.2) is 0 Å². The molecule has 0 aliphatic heterocycles. The number of carbonyl (C=O) groups is 1. The predicted molar refractivity (Wildman–Crippen MR) is 74.9 cm³/mol. The van der Waals surface area contributed by atoms with Crippen molar-refractivity contribution in [3.8, 4) is 5.75 Å². The first-order valence-electron chi connectivity index (χ1n) is 6.01. The van der Waals surface area contributed by atoms with Crippen LogP contribution in [0.25, 0.3) is 0 Å². The van der Waals surface area contributed by atoms with Crippen molar-refractivity contribution in [2.45, 2.75) is 6.42 Å². The number of benzene rings is 2. The summed E-state index contributed by atoms with van der Waals surface area (Å²) in [6.07, 6.45) is 0.323. The molecule has 0 atom stereocenters. The molecule has 0 spiro atoms. The minimum absolute atomic E-state index is 0.0889. The number of hydrogen-bond acceptors (Lipinski definition) is 3. The first-order valence-corrected chi connectivity index (χ1v) is 6.01. The Hall–Kier alpha value is -2.49. The Labute approximate surface area is 112 Å². The van der Waals surface area contributed by atoms with Gasteiger partial charge in [-0.1, -0.05) is 30.3 Å². The second kappa shape index (κ2) is 6.44. The van der Waals surface area contributed by atoms with Gasteiger partial charge in [-0.05, 0) is 29.8 Å². The molecule has 2 rings (SSSR count). The quantitative estimate of drug-likeness (QED) is 0.807. The van der Waals surface area contributed by atoms with Crippen LogP contribution < -0.4 is 15.6 Å². The highest BCUT2D eigenvalue weighted by atomic mass is 16.5. The van der Waals surface area contributed by atoms with E-state index >= 15 is 0 Å². The minimum atomic E-state index is -0.0889. The third-order valence-electron chi connectivity index (χ3n) is 2.64. The van der Waals surface area contributed by atoms with Crippen LogP contribution in [-0.2, 0) is 11.2 Å². The summed E-state index contributed by atoms with van der Waals surface area (Å²) in [6.45, 7) is 0. The maximum atomic E-state index is 11.7. The standard InChI is InChI=1S/C15H16N2O2/c1-19-14-9-7-12(8-10-14)11-15(18)17-16-13-5-3-2-4-6-13/h2-10,16H,11H2,1H3,(H,17,18). The lowest BCUT2D eigenvalue weighted by atomic mass is 10.1. The van der Waals surface area contributed by atoms with E-state index < -0.39 is 0 Å². The zero-order chi connectivity index (χ0) is 13.5. The molecule has 0 aliphatic rings. The molecule has 0 aromatic heterocycles. The number of hydrazine groups is 1. The molecule has 0 saturated heterocycles. The lowest BCUT2D eigenvalue weighted by Crippen LogP contribution is -2.30. The van der Waals surface area contributed by atoms with Gasteiger partial charge in [-0.15, -0.1) is 0 Å². The van der Waals surface area contributed by atoms with E-state index in [1.54, 1.807) is 7.11 Å². The number of amides is 1. The van der Waals surface area contributed by atoms with Crippen LogP contribution >= 0.6 is 0 Å². The van der Waals surface area contributed by atoms with Crippen molar-refractivity contribution >= 4 is 11.6 Å². The molecule has 98 valence electrons. The molecular formula is C15H16N2O2. The summed E-state index contributed by atoms with van der Waals surface area (Å²) in [6, 6.07) is 16.9. The van der Waals surface area contributed by atoms with Crippen LogP contribution in [0.5, 0.6) is 5.75 Å². The van der Waals surface area contributed by atoms with Crippen molar-refractivity contribution in [3.63, 3.8) is 0 Å². The molecule has 2 aromatic carbocycles. The first-order chi connectivity index (χ1) is 9.28. The predicted octanol–water partition coefficient (Wildman–Crippen LogP) is 2.38. The number of rotatable bonds is 5. The lowest BCUT2D eigenvalue weighted by molar-refractivity contribution is -0.119. The summed E-state index contributed by atoms with van der Waals surface area (Å²) in [7, 11) is 1.62. The van der Waals surface area contributed by atoms with Crippen LogP contribution in [0.4, 0.5) is 5.69 Å². The van der Waals surface area contributed by atoms with E-state index in [0.717, 1.165) is 17.0 Å². The number of carbonyl (C=O) groups excluding carboxylic acids is 1. The van der Waals surface area contributed by atoms with Crippen molar-refractivity contribution < 1.29 is 9.53 Å². The number of methoxy groups -OCH3 is 1. The third-order valence-corrected chi connectivity index (χ3v) is 2.64. The van der Waals surface area contributed by atoms with Gasteiger partial charge < -0.3 is 4.74 Å². The molecule has 0 saturated carbocycles. The molecular weight excluding hydrogens is 240 g/mol. The molecule has 0 unspecified atom stereocenters. The van der Waals surface area contributed by atoms with Gasteiger partial charge in [0.25, 0.3) is 0 Å². The Morgan fingerprint density at radius 3 is 2.37 bits per heavy atom. The van der Waals surface area contributed by atoms with Crippen molar-refractivity contribution in [3.05, 3.63) is 60.2 Å². The highest BCUT2D eigenvalue weighted by molar-refractivity contribution is 5.79. The highest BCUT2D eigenvalue weighted by Crippen LogP contribution is 2.11. The van der Waals surface area contributed by atoms with Crippen LogP contribution in [0, 0.1) is 0 Å². The molecule has 19 heavy (non-hydrogen) atoms. The van der Waals surface area contributed by atoms with Crippen LogP contribution in [-0.4, -0.2) is 13.0 Å². The smallest absolute Gasteiger partial charge is 0.242 e. The van der Waals surface area contributed by atoms with Gasteiger partial charge in [-0.3, -0.25) is 15.6 Å². The maximum absolute atomic E-state index is 11.7. The summed E-state index contributed by atoms with van der Waals surface area (Å²) >= 11 is 0. The summed E-state index contributed by atoms with van der Waals surface area (Å²) < 4.78 is 5.07. The number of ether oxygens (including phenoxy) is 1. The molecule has 2 N–H and O–H groups in total. The fourth-order valence-corrected chi connectivity index (χ4v) is 1.64. The molecule has 1 amide bonds. The Balaban J connectivity index is 1.83. The zero-order valence-corrected chi connectivity index (χ0v) is 10.7. The van der Waals surface area contributed by atoms with Crippen molar-refractivity contribution in [1.29, 1.82) is 0 Å². The van der Waals surface area contributed by atoms with E-state index in [4.69, 9.17) is 4.74 Å². The summed E-state index contributed by atoms with van der Waals surface area (Å²) in [5.41, 5.74) is 7.31. The number of anilines is 1. The Morgan fingerprint density at radius 1 is 1.05 bits per heavy atom. The maximum Gasteiger partial charge on any atom is 0.242 e. The molecule has 0 heterocycles. The lowest BCUT2D eigenvalue weighted by Gasteiger charge is -2.08. The van der Waals surface area contributed by atoms with Crippen LogP contribution in [0.2, 0.25) is 0 Å². The number of hydrogen-bond donors (Lipinski definition) is 2. The van der Waals surface area contributed by atoms with E-state index in [2.05, 4.69) is 10.9 Å². The Bertz CT molecular complexity index is 524. The highest BCUT2D eigenvalue weighted by Gasteiger charge is 2.03. The summed E-state index contributed by atoms with van der Waals surface area (Å²) in [5.74, 6) is 0.695.